The van der Waals surface area contributed by atoms with E-state index in [1.165, 1.54) is 36.0 Å². The van der Waals surface area contributed by atoms with Crippen molar-refractivity contribution in [2.24, 2.45) is 0 Å². The number of rotatable bonds is 12. The predicted molar refractivity (Wildman–Crippen MR) is 165 cm³/mol. The van der Waals surface area contributed by atoms with E-state index in [4.69, 9.17) is 9.47 Å². The van der Waals surface area contributed by atoms with Crippen molar-refractivity contribution in [1.29, 1.82) is 0 Å². The second kappa shape index (κ2) is 15.3. The molecule has 44 heavy (non-hydrogen) atoms. The van der Waals surface area contributed by atoms with Gasteiger partial charge < -0.3 is 24.7 Å². The highest BCUT2D eigenvalue weighted by atomic mass is 32.2. The summed E-state index contributed by atoms with van der Waals surface area (Å²) < 4.78 is 25.9. The SMILES string of the molecule is CCOC(=O)c1sc(NC(=O)C(C)Sc2nnc(CNC(=O)c3cccc(F)c3)n2C2CCCCC2)c(C(=O)OCC)c1C. The van der Waals surface area contributed by atoms with Gasteiger partial charge in [0, 0.05) is 11.6 Å². The summed E-state index contributed by atoms with van der Waals surface area (Å²) in [5.74, 6) is -2.03. The average molecular weight is 646 g/mol. The van der Waals surface area contributed by atoms with E-state index in [2.05, 4.69) is 20.8 Å². The number of anilines is 1. The first-order chi connectivity index (χ1) is 21.1. The summed E-state index contributed by atoms with van der Waals surface area (Å²) in [7, 11) is 0. The van der Waals surface area contributed by atoms with Gasteiger partial charge in [-0.2, -0.15) is 0 Å². The molecule has 2 amide bonds. The van der Waals surface area contributed by atoms with Gasteiger partial charge in [-0.15, -0.1) is 21.5 Å². The summed E-state index contributed by atoms with van der Waals surface area (Å²) in [6, 6.07) is 5.54. The van der Waals surface area contributed by atoms with E-state index in [9.17, 15) is 23.6 Å². The molecule has 0 saturated heterocycles. The van der Waals surface area contributed by atoms with Crippen molar-refractivity contribution in [3.63, 3.8) is 0 Å². The molecule has 0 aliphatic heterocycles. The van der Waals surface area contributed by atoms with E-state index in [0.29, 0.717) is 16.5 Å². The number of ether oxygens (including phenoxy) is 2. The number of amides is 2. The van der Waals surface area contributed by atoms with Crippen molar-refractivity contribution >= 4 is 51.9 Å². The zero-order valence-electron chi connectivity index (χ0n) is 25.1. The lowest BCUT2D eigenvalue weighted by Crippen LogP contribution is -2.27. The van der Waals surface area contributed by atoms with E-state index in [-0.39, 0.29) is 46.8 Å². The van der Waals surface area contributed by atoms with Crippen molar-refractivity contribution < 1.29 is 33.0 Å². The maximum atomic E-state index is 13.6. The topological polar surface area (TPSA) is 142 Å². The highest BCUT2D eigenvalue weighted by Gasteiger charge is 2.30. The Bertz CT molecular complexity index is 1520. The first-order valence-electron chi connectivity index (χ1n) is 14.6. The van der Waals surface area contributed by atoms with Crippen molar-refractivity contribution in [3.8, 4) is 0 Å². The van der Waals surface area contributed by atoms with Gasteiger partial charge in [0.2, 0.25) is 5.91 Å². The van der Waals surface area contributed by atoms with Crippen molar-refractivity contribution in [3.05, 3.63) is 57.5 Å². The number of thioether (sulfide) groups is 1. The number of nitrogens with zero attached hydrogens (tertiary/aromatic N) is 3. The number of carbonyl (C=O) groups excluding carboxylic acids is 4. The van der Waals surface area contributed by atoms with Crippen LogP contribution >= 0.6 is 23.1 Å². The Morgan fingerprint density at radius 3 is 2.48 bits per heavy atom. The second-order valence-corrected chi connectivity index (χ2v) is 12.5. The molecule has 14 heteroatoms. The highest BCUT2D eigenvalue weighted by molar-refractivity contribution is 8.00. The first-order valence-corrected chi connectivity index (χ1v) is 16.3. The lowest BCUT2D eigenvalue weighted by atomic mass is 9.95. The average Bonchev–Trinajstić information content (AvgIpc) is 3.56. The molecular weight excluding hydrogens is 609 g/mol. The van der Waals surface area contributed by atoms with Crippen LogP contribution in [0, 0.1) is 12.7 Å². The molecule has 1 fully saturated rings. The minimum atomic E-state index is -0.667. The molecule has 0 spiro atoms. The summed E-state index contributed by atoms with van der Waals surface area (Å²) in [5, 5.41) is 14.4. The zero-order chi connectivity index (χ0) is 31.8. The molecule has 1 unspecified atom stereocenters. The van der Waals surface area contributed by atoms with Gasteiger partial charge in [-0.25, -0.2) is 14.0 Å². The summed E-state index contributed by atoms with van der Waals surface area (Å²) in [6.07, 6.45) is 5.02. The van der Waals surface area contributed by atoms with Gasteiger partial charge in [-0.1, -0.05) is 37.1 Å². The second-order valence-electron chi connectivity index (χ2n) is 10.2. The van der Waals surface area contributed by atoms with Gasteiger partial charge in [-0.05, 0) is 64.3 Å². The smallest absolute Gasteiger partial charge is 0.348 e. The fraction of sp³-hybridized carbons (Fsp3) is 0.467. The Balaban J connectivity index is 1.54. The fourth-order valence-corrected chi connectivity index (χ4v) is 7.00. The number of nitrogens with one attached hydrogen (secondary N) is 2. The molecule has 1 aliphatic rings. The van der Waals surface area contributed by atoms with Crippen LogP contribution in [-0.4, -0.2) is 57.0 Å². The Kier molecular flexibility index (Phi) is 11.5. The van der Waals surface area contributed by atoms with E-state index in [1.54, 1.807) is 27.7 Å². The van der Waals surface area contributed by atoms with E-state index in [1.807, 2.05) is 4.57 Å². The van der Waals surface area contributed by atoms with Gasteiger partial charge in [0.15, 0.2) is 11.0 Å². The Morgan fingerprint density at radius 1 is 1.09 bits per heavy atom. The van der Waals surface area contributed by atoms with E-state index >= 15 is 0 Å². The Morgan fingerprint density at radius 2 is 1.80 bits per heavy atom. The van der Waals surface area contributed by atoms with Gasteiger partial charge in [0.05, 0.1) is 30.6 Å². The molecule has 1 atom stereocenters. The van der Waals surface area contributed by atoms with Crippen molar-refractivity contribution in [2.45, 2.75) is 82.8 Å². The monoisotopic (exact) mass is 645 g/mol. The van der Waals surface area contributed by atoms with Crippen LogP contribution in [0.2, 0.25) is 0 Å². The van der Waals surface area contributed by atoms with Crippen molar-refractivity contribution in [2.75, 3.05) is 18.5 Å². The number of aromatic nitrogens is 3. The third kappa shape index (κ3) is 7.83. The van der Waals surface area contributed by atoms with E-state index in [0.717, 1.165) is 43.4 Å². The third-order valence-corrected chi connectivity index (χ3v) is 9.39. The minimum Gasteiger partial charge on any atom is -0.462 e. The molecule has 1 aromatic carbocycles. The number of benzene rings is 1. The number of esters is 2. The highest BCUT2D eigenvalue weighted by Crippen LogP contribution is 2.37. The number of halogens is 1. The summed E-state index contributed by atoms with van der Waals surface area (Å²) in [5.41, 5.74) is 0.697. The fourth-order valence-electron chi connectivity index (χ4n) is 4.97. The van der Waals surface area contributed by atoms with Crippen LogP contribution in [0.15, 0.2) is 29.4 Å². The zero-order valence-corrected chi connectivity index (χ0v) is 26.7. The van der Waals surface area contributed by atoms with Crippen LogP contribution < -0.4 is 10.6 Å². The molecular formula is C30H36FN5O6S2. The molecule has 0 radical (unpaired) electrons. The van der Waals surface area contributed by atoms with Crippen LogP contribution in [0.1, 0.15) is 101 Å². The van der Waals surface area contributed by atoms with Crippen LogP contribution in [0.3, 0.4) is 0 Å². The molecule has 11 nitrogen and oxygen atoms in total. The molecule has 4 rings (SSSR count). The molecule has 1 saturated carbocycles. The summed E-state index contributed by atoms with van der Waals surface area (Å²) >= 11 is 2.17. The predicted octanol–water partition coefficient (Wildman–Crippen LogP) is 5.70. The van der Waals surface area contributed by atoms with Gasteiger partial charge in [0.1, 0.15) is 15.7 Å². The Hall–Kier alpha value is -3.78. The van der Waals surface area contributed by atoms with Crippen LogP contribution in [0.25, 0.3) is 0 Å². The molecule has 3 aromatic rings. The molecule has 236 valence electrons. The first kappa shape index (κ1) is 33.1. The minimum absolute atomic E-state index is 0.0774. The number of carbonyl (C=O) groups is 4. The molecule has 2 aromatic heterocycles. The molecule has 2 heterocycles. The van der Waals surface area contributed by atoms with Crippen LogP contribution in [-0.2, 0) is 20.8 Å². The largest absolute Gasteiger partial charge is 0.462 e. The standard InChI is InChI=1S/C30H36FN5O6S2/c1-5-41-28(39)23-17(3)24(29(40)42-6-2)44-27(23)33-25(37)18(4)43-30-35-34-22(36(30)21-13-8-7-9-14-21)16-32-26(38)19-11-10-12-20(31)15-19/h10-12,15,18,21H,5-9,13-14,16H2,1-4H3,(H,32,38)(H,33,37). The van der Waals surface area contributed by atoms with Crippen molar-refractivity contribution in [1.82, 2.24) is 20.1 Å². The number of thiophene rings is 1. The molecule has 1 aliphatic carbocycles. The number of hydrogen-bond acceptors (Lipinski definition) is 10. The van der Waals surface area contributed by atoms with Crippen LogP contribution in [0.4, 0.5) is 9.39 Å². The lowest BCUT2D eigenvalue weighted by Gasteiger charge is -2.26. The quantitative estimate of drug-likeness (QED) is 0.188. The number of hydrogen-bond donors (Lipinski definition) is 2. The van der Waals surface area contributed by atoms with Gasteiger partial charge in [0.25, 0.3) is 5.91 Å². The van der Waals surface area contributed by atoms with E-state index < -0.39 is 34.8 Å². The summed E-state index contributed by atoms with van der Waals surface area (Å²) in [4.78, 5) is 51.6. The van der Waals surface area contributed by atoms with Gasteiger partial charge >= 0.3 is 11.9 Å². The summed E-state index contributed by atoms with van der Waals surface area (Å²) in [6.45, 7) is 7.06. The molecule has 2 N–H and O–H groups in total. The maximum absolute atomic E-state index is 13.6. The third-order valence-electron chi connectivity index (χ3n) is 7.14. The maximum Gasteiger partial charge on any atom is 0.348 e. The lowest BCUT2D eigenvalue weighted by molar-refractivity contribution is -0.115. The molecule has 0 bridgehead atoms. The van der Waals surface area contributed by atoms with Crippen LogP contribution in [0.5, 0.6) is 0 Å². The normalized spacial score (nSPS) is 14.1. The van der Waals surface area contributed by atoms with Gasteiger partial charge in [-0.3, -0.25) is 9.59 Å². The Labute approximate surface area is 263 Å².